The Morgan fingerprint density at radius 2 is 2.00 bits per heavy atom. The van der Waals surface area contributed by atoms with Crippen molar-refractivity contribution in [2.24, 2.45) is 5.73 Å². The van der Waals surface area contributed by atoms with Crippen molar-refractivity contribution in [3.05, 3.63) is 63.9 Å². The van der Waals surface area contributed by atoms with E-state index in [-0.39, 0.29) is 11.1 Å². The SMILES string of the molecule is Cc1cc([C@@H](C)N)ccc1OCc1ccc(Cl)c(F)c1. The van der Waals surface area contributed by atoms with Crippen molar-refractivity contribution in [3.8, 4) is 5.75 Å². The van der Waals surface area contributed by atoms with Crippen molar-refractivity contribution in [1.82, 2.24) is 0 Å². The van der Waals surface area contributed by atoms with E-state index in [1.165, 1.54) is 12.1 Å². The Balaban J connectivity index is 2.09. The minimum atomic E-state index is -0.434. The standard InChI is InChI=1S/C16H17ClFNO/c1-10-7-13(11(2)19)4-6-16(10)20-9-12-3-5-14(17)15(18)8-12/h3-8,11H,9,19H2,1-2H3/t11-/m1/s1. The number of ether oxygens (including phenoxy) is 1. The maximum atomic E-state index is 13.3. The van der Waals surface area contributed by atoms with Crippen molar-refractivity contribution in [2.45, 2.75) is 26.5 Å². The average Bonchev–Trinajstić information content (AvgIpc) is 2.41. The van der Waals surface area contributed by atoms with Crippen LogP contribution in [0.3, 0.4) is 0 Å². The summed E-state index contributed by atoms with van der Waals surface area (Å²) in [6.45, 7) is 4.20. The first-order valence-electron chi connectivity index (χ1n) is 6.40. The van der Waals surface area contributed by atoms with E-state index in [0.29, 0.717) is 6.61 Å². The number of benzene rings is 2. The van der Waals surface area contributed by atoms with Crippen LogP contribution >= 0.6 is 11.6 Å². The molecule has 0 fully saturated rings. The van der Waals surface area contributed by atoms with Crippen molar-refractivity contribution in [1.29, 1.82) is 0 Å². The molecule has 0 radical (unpaired) electrons. The molecule has 0 aliphatic heterocycles. The fourth-order valence-corrected chi connectivity index (χ4v) is 2.03. The molecule has 4 heteroatoms. The number of halogens is 2. The van der Waals surface area contributed by atoms with Gasteiger partial charge in [0.2, 0.25) is 0 Å². The van der Waals surface area contributed by atoms with Gasteiger partial charge in [-0.2, -0.15) is 0 Å². The van der Waals surface area contributed by atoms with Crippen molar-refractivity contribution in [3.63, 3.8) is 0 Å². The Morgan fingerprint density at radius 1 is 1.25 bits per heavy atom. The van der Waals surface area contributed by atoms with E-state index in [0.717, 1.165) is 22.4 Å². The highest BCUT2D eigenvalue weighted by Crippen LogP contribution is 2.23. The molecule has 20 heavy (non-hydrogen) atoms. The van der Waals surface area contributed by atoms with Gasteiger partial charge in [0, 0.05) is 6.04 Å². The van der Waals surface area contributed by atoms with E-state index >= 15 is 0 Å². The first-order chi connectivity index (χ1) is 9.47. The summed E-state index contributed by atoms with van der Waals surface area (Å²) in [7, 11) is 0. The van der Waals surface area contributed by atoms with E-state index in [1.807, 2.05) is 32.0 Å². The molecular weight excluding hydrogens is 277 g/mol. The Kier molecular flexibility index (Phi) is 4.63. The monoisotopic (exact) mass is 293 g/mol. The molecule has 2 aromatic carbocycles. The van der Waals surface area contributed by atoms with Gasteiger partial charge < -0.3 is 10.5 Å². The predicted octanol–water partition coefficient (Wildman–Crippen LogP) is 4.39. The largest absolute Gasteiger partial charge is 0.489 e. The molecule has 2 N–H and O–H groups in total. The van der Waals surface area contributed by atoms with Crippen LogP contribution in [0.2, 0.25) is 5.02 Å². The smallest absolute Gasteiger partial charge is 0.142 e. The fraction of sp³-hybridized carbons (Fsp3) is 0.250. The topological polar surface area (TPSA) is 35.2 Å². The summed E-state index contributed by atoms with van der Waals surface area (Å²) in [5.74, 6) is 0.335. The van der Waals surface area contributed by atoms with Crippen LogP contribution in [0, 0.1) is 12.7 Å². The molecule has 0 amide bonds. The highest BCUT2D eigenvalue weighted by atomic mass is 35.5. The average molecular weight is 294 g/mol. The molecule has 0 unspecified atom stereocenters. The Hall–Kier alpha value is -1.58. The molecule has 0 bridgehead atoms. The van der Waals surface area contributed by atoms with E-state index in [9.17, 15) is 4.39 Å². The molecule has 0 saturated heterocycles. The molecule has 0 heterocycles. The van der Waals surface area contributed by atoms with Crippen LogP contribution in [0.15, 0.2) is 36.4 Å². The van der Waals surface area contributed by atoms with Crippen LogP contribution in [0.4, 0.5) is 4.39 Å². The van der Waals surface area contributed by atoms with E-state index < -0.39 is 5.82 Å². The maximum absolute atomic E-state index is 13.3. The van der Waals surface area contributed by atoms with Gasteiger partial charge in [-0.05, 0) is 48.7 Å². The minimum Gasteiger partial charge on any atom is -0.489 e. The van der Waals surface area contributed by atoms with Gasteiger partial charge in [0.25, 0.3) is 0 Å². The highest BCUT2D eigenvalue weighted by molar-refractivity contribution is 6.30. The Bertz CT molecular complexity index is 613. The quantitative estimate of drug-likeness (QED) is 0.907. The van der Waals surface area contributed by atoms with E-state index in [4.69, 9.17) is 22.1 Å². The zero-order chi connectivity index (χ0) is 14.7. The maximum Gasteiger partial charge on any atom is 0.142 e. The molecule has 106 valence electrons. The second kappa shape index (κ2) is 6.25. The highest BCUT2D eigenvalue weighted by Gasteiger charge is 2.06. The van der Waals surface area contributed by atoms with Gasteiger partial charge in [0.15, 0.2) is 0 Å². The summed E-state index contributed by atoms with van der Waals surface area (Å²) in [5, 5.41) is 0.117. The van der Waals surface area contributed by atoms with E-state index in [1.54, 1.807) is 6.07 Å². The summed E-state index contributed by atoms with van der Waals surface area (Å²) < 4.78 is 19.0. The van der Waals surface area contributed by atoms with Gasteiger partial charge in [-0.15, -0.1) is 0 Å². The van der Waals surface area contributed by atoms with Crippen molar-refractivity contribution >= 4 is 11.6 Å². The van der Waals surface area contributed by atoms with Crippen LogP contribution in [0.1, 0.15) is 29.7 Å². The molecule has 0 saturated carbocycles. The van der Waals surface area contributed by atoms with Crippen LogP contribution < -0.4 is 10.5 Å². The summed E-state index contributed by atoms with van der Waals surface area (Å²) in [5.41, 5.74) is 8.64. The first kappa shape index (κ1) is 14.8. The predicted molar refractivity (Wildman–Crippen MR) is 79.5 cm³/mol. The van der Waals surface area contributed by atoms with Gasteiger partial charge in [0.1, 0.15) is 18.2 Å². The molecule has 0 aromatic heterocycles. The van der Waals surface area contributed by atoms with Crippen LogP contribution in [-0.4, -0.2) is 0 Å². The van der Waals surface area contributed by atoms with Crippen LogP contribution in [0.5, 0.6) is 5.75 Å². The van der Waals surface area contributed by atoms with Crippen LogP contribution in [-0.2, 0) is 6.61 Å². The Labute approximate surface area is 123 Å². The lowest BCUT2D eigenvalue weighted by Crippen LogP contribution is -2.05. The van der Waals surface area contributed by atoms with E-state index in [2.05, 4.69) is 0 Å². The summed E-state index contributed by atoms with van der Waals surface area (Å²) in [6.07, 6.45) is 0. The van der Waals surface area contributed by atoms with Gasteiger partial charge in [-0.1, -0.05) is 29.8 Å². The fourth-order valence-electron chi connectivity index (χ4n) is 1.91. The van der Waals surface area contributed by atoms with Crippen molar-refractivity contribution < 1.29 is 9.13 Å². The number of hydrogen-bond acceptors (Lipinski definition) is 2. The lowest BCUT2D eigenvalue weighted by Gasteiger charge is -2.12. The number of rotatable bonds is 4. The molecule has 0 spiro atoms. The second-order valence-electron chi connectivity index (χ2n) is 4.85. The van der Waals surface area contributed by atoms with Gasteiger partial charge in [-0.3, -0.25) is 0 Å². The lowest BCUT2D eigenvalue weighted by atomic mass is 10.1. The number of aryl methyl sites for hydroxylation is 1. The van der Waals surface area contributed by atoms with Gasteiger partial charge in [0.05, 0.1) is 5.02 Å². The molecule has 2 rings (SSSR count). The molecule has 0 aliphatic rings. The third kappa shape index (κ3) is 3.50. The normalized spacial score (nSPS) is 12.2. The second-order valence-corrected chi connectivity index (χ2v) is 5.26. The third-order valence-electron chi connectivity index (χ3n) is 3.10. The van der Waals surface area contributed by atoms with Crippen molar-refractivity contribution in [2.75, 3.05) is 0 Å². The molecule has 2 nitrogen and oxygen atoms in total. The van der Waals surface area contributed by atoms with Gasteiger partial charge >= 0.3 is 0 Å². The summed E-state index contributed by atoms with van der Waals surface area (Å²) in [4.78, 5) is 0. The number of hydrogen-bond donors (Lipinski definition) is 1. The molecule has 2 aromatic rings. The zero-order valence-electron chi connectivity index (χ0n) is 11.5. The first-order valence-corrected chi connectivity index (χ1v) is 6.78. The molecule has 1 atom stereocenters. The third-order valence-corrected chi connectivity index (χ3v) is 3.41. The summed E-state index contributed by atoms with van der Waals surface area (Å²) >= 11 is 5.64. The van der Waals surface area contributed by atoms with Crippen LogP contribution in [0.25, 0.3) is 0 Å². The summed E-state index contributed by atoms with van der Waals surface area (Å²) in [6, 6.07) is 10.5. The lowest BCUT2D eigenvalue weighted by molar-refractivity contribution is 0.303. The minimum absolute atomic E-state index is 0.00638. The molecule has 0 aliphatic carbocycles. The van der Waals surface area contributed by atoms with Gasteiger partial charge in [-0.25, -0.2) is 4.39 Å². The Morgan fingerprint density at radius 3 is 2.60 bits per heavy atom. The number of nitrogens with two attached hydrogens (primary N) is 1. The molecular formula is C16H17ClFNO. The zero-order valence-corrected chi connectivity index (χ0v) is 12.2.